The van der Waals surface area contributed by atoms with E-state index in [2.05, 4.69) is 0 Å². The van der Waals surface area contributed by atoms with Crippen molar-refractivity contribution in [2.24, 2.45) is 5.73 Å². The van der Waals surface area contributed by atoms with Gasteiger partial charge in [0.1, 0.15) is 34.7 Å². The van der Waals surface area contributed by atoms with E-state index < -0.39 is 17.7 Å². The summed E-state index contributed by atoms with van der Waals surface area (Å²) in [5, 5.41) is 9.60. The Kier molecular flexibility index (Phi) is 6.01. The zero-order valence-corrected chi connectivity index (χ0v) is 18.1. The second-order valence-electron chi connectivity index (χ2n) is 7.61. The molecule has 0 amide bonds. The minimum atomic E-state index is -0.739. The van der Waals surface area contributed by atoms with Crippen LogP contribution in [0.5, 0.6) is 17.2 Å². The van der Waals surface area contributed by atoms with E-state index in [4.69, 9.17) is 19.9 Å². The van der Waals surface area contributed by atoms with Crippen molar-refractivity contribution in [2.75, 3.05) is 6.61 Å². The Balaban J connectivity index is 1.56. The number of nitriles is 1. The maximum absolute atomic E-state index is 14.5. The number of halogens is 1. The number of nitrogens with zero attached hydrogens (tertiary/aromatic N) is 1. The summed E-state index contributed by atoms with van der Waals surface area (Å²) in [6.45, 7) is 3.59. The molecule has 0 saturated heterocycles. The lowest BCUT2D eigenvalue weighted by Crippen LogP contribution is -2.22. The summed E-state index contributed by atoms with van der Waals surface area (Å²) in [7, 11) is 0. The van der Waals surface area contributed by atoms with Crippen LogP contribution in [0, 0.1) is 31.0 Å². The molecule has 166 valence electrons. The fourth-order valence-electron chi connectivity index (χ4n) is 3.71. The Bertz CT molecular complexity index is 1310. The topological polar surface area (TPSA) is 94.6 Å². The standard InChI is InChI=1S/C26H21FN2O4/c1-15-6-5-9-22(16(15)2)31-14-24(30)32-17-10-11-19-23(12-17)33-26(29)20(13-28)25(19)18-7-3-4-8-21(18)27/h3-12,25H,14,29H2,1-2H3. The van der Waals surface area contributed by atoms with Crippen molar-refractivity contribution in [1.82, 2.24) is 0 Å². The quantitative estimate of drug-likeness (QED) is 0.455. The lowest BCUT2D eigenvalue weighted by Gasteiger charge is -2.27. The summed E-state index contributed by atoms with van der Waals surface area (Å²) in [4.78, 5) is 12.3. The van der Waals surface area contributed by atoms with Crippen LogP contribution in [0.3, 0.4) is 0 Å². The van der Waals surface area contributed by atoms with Crippen molar-refractivity contribution in [3.63, 3.8) is 0 Å². The maximum atomic E-state index is 14.5. The number of hydrogen-bond donors (Lipinski definition) is 1. The van der Waals surface area contributed by atoms with E-state index in [1.165, 1.54) is 12.1 Å². The molecule has 0 spiro atoms. The Labute approximate surface area is 190 Å². The van der Waals surface area contributed by atoms with Crippen LogP contribution in [0.15, 0.2) is 72.1 Å². The van der Waals surface area contributed by atoms with Crippen molar-refractivity contribution in [3.8, 4) is 23.3 Å². The highest BCUT2D eigenvalue weighted by Crippen LogP contribution is 2.44. The molecular formula is C26H21FN2O4. The Hall–Kier alpha value is -4.31. The predicted octanol–water partition coefficient (Wildman–Crippen LogP) is 4.65. The van der Waals surface area contributed by atoms with Crippen LogP contribution in [0.25, 0.3) is 0 Å². The van der Waals surface area contributed by atoms with Crippen molar-refractivity contribution in [3.05, 3.63) is 100 Å². The molecule has 3 aromatic carbocycles. The molecule has 1 aliphatic rings. The predicted molar refractivity (Wildman–Crippen MR) is 119 cm³/mol. The van der Waals surface area contributed by atoms with E-state index in [-0.39, 0.29) is 29.6 Å². The van der Waals surface area contributed by atoms with Crippen LogP contribution in [-0.4, -0.2) is 12.6 Å². The number of carbonyl (C=O) groups is 1. The highest BCUT2D eigenvalue weighted by molar-refractivity contribution is 5.74. The van der Waals surface area contributed by atoms with Gasteiger partial charge in [-0.2, -0.15) is 5.26 Å². The van der Waals surface area contributed by atoms with E-state index in [9.17, 15) is 14.4 Å². The van der Waals surface area contributed by atoms with E-state index in [0.717, 1.165) is 11.1 Å². The first-order valence-corrected chi connectivity index (χ1v) is 10.2. The van der Waals surface area contributed by atoms with Crippen LogP contribution in [0.1, 0.15) is 28.2 Å². The monoisotopic (exact) mass is 444 g/mol. The van der Waals surface area contributed by atoms with Gasteiger partial charge >= 0.3 is 5.97 Å². The second kappa shape index (κ2) is 9.05. The Morgan fingerprint density at radius 1 is 1.12 bits per heavy atom. The molecule has 2 N–H and O–H groups in total. The molecule has 7 heteroatoms. The minimum absolute atomic E-state index is 0.110. The van der Waals surface area contributed by atoms with Crippen LogP contribution in [0.4, 0.5) is 4.39 Å². The molecule has 1 unspecified atom stereocenters. The van der Waals surface area contributed by atoms with Crippen LogP contribution >= 0.6 is 0 Å². The van der Waals surface area contributed by atoms with E-state index >= 15 is 0 Å². The highest BCUT2D eigenvalue weighted by atomic mass is 19.1. The van der Waals surface area contributed by atoms with Crippen LogP contribution in [-0.2, 0) is 4.79 Å². The zero-order chi connectivity index (χ0) is 23.5. The van der Waals surface area contributed by atoms with Crippen molar-refractivity contribution in [2.45, 2.75) is 19.8 Å². The summed E-state index contributed by atoms with van der Waals surface area (Å²) in [5.74, 6) is -0.828. The third-order valence-corrected chi connectivity index (χ3v) is 5.54. The van der Waals surface area contributed by atoms with Gasteiger partial charge in [-0.15, -0.1) is 0 Å². The zero-order valence-electron chi connectivity index (χ0n) is 18.1. The molecule has 1 atom stereocenters. The highest BCUT2D eigenvalue weighted by Gasteiger charge is 2.32. The number of carbonyl (C=O) groups excluding carboxylic acids is 1. The Morgan fingerprint density at radius 2 is 1.91 bits per heavy atom. The second-order valence-corrected chi connectivity index (χ2v) is 7.61. The van der Waals surface area contributed by atoms with Crippen LogP contribution in [0.2, 0.25) is 0 Å². The molecule has 33 heavy (non-hydrogen) atoms. The van der Waals surface area contributed by atoms with Gasteiger partial charge in [0, 0.05) is 17.2 Å². The summed E-state index contributed by atoms with van der Waals surface area (Å²) in [6.07, 6.45) is 0. The van der Waals surface area contributed by atoms with Gasteiger partial charge in [-0.05, 0) is 43.2 Å². The lowest BCUT2D eigenvalue weighted by atomic mass is 9.83. The number of aryl methyl sites for hydroxylation is 1. The SMILES string of the molecule is Cc1cccc(OCC(=O)Oc2ccc3c(c2)OC(N)=C(C#N)C3c2ccccc2F)c1C. The van der Waals surface area contributed by atoms with Gasteiger partial charge in [0.15, 0.2) is 6.61 Å². The minimum Gasteiger partial charge on any atom is -0.482 e. The molecular weight excluding hydrogens is 423 g/mol. The molecule has 3 aromatic rings. The molecule has 0 aliphatic carbocycles. The first-order valence-electron chi connectivity index (χ1n) is 10.2. The number of esters is 1. The fourth-order valence-corrected chi connectivity index (χ4v) is 3.71. The van der Waals surface area contributed by atoms with E-state index in [1.807, 2.05) is 32.0 Å². The molecule has 1 heterocycles. The number of ether oxygens (including phenoxy) is 3. The number of nitrogens with two attached hydrogens (primary N) is 1. The van der Waals surface area contributed by atoms with Gasteiger partial charge < -0.3 is 19.9 Å². The van der Waals surface area contributed by atoms with Crippen molar-refractivity contribution in [1.29, 1.82) is 5.26 Å². The average Bonchev–Trinajstić information content (AvgIpc) is 2.79. The molecule has 0 bridgehead atoms. The van der Waals surface area contributed by atoms with Gasteiger partial charge in [-0.1, -0.05) is 36.4 Å². The summed E-state index contributed by atoms with van der Waals surface area (Å²) in [6, 6.07) is 18.5. The third-order valence-electron chi connectivity index (χ3n) is 5.54. The first-order chi connectivity index (χ1) is 15.9. The number of fused-ring (bicyclic) bond motifs is 1. The third kappa shape index (κ3) is 4.37. The summed E-state index contributed by atoms with van der Waals surface area (Å²) in [5.41, 5.74) is 8.91. The number of allylic oxidation sites excluding steroid dienone is 1. The average molecular weight is 444 g/mol. The Morgan fingerprint density at radius 3 is 2.67 bits per heavy atom. The van der Waals surface area contributed by atoms with Gasteiger partial charge in [0.2, 0.25) is 5.88 Å². The van der Waals surface area contributed by atoms with E-state index in [1.54, 1.807) is 36.4 Å². The van der Waals surface area contributed by atoms with Gasteiger partial charge in [-0.25, -0.2) is 9.18 Å². The largest absolute Gasteiger partial charge is 0.482 e. The molecule has 0 saturated carbocycles. The lowest BCUT2D eigenvalue weighted by molar-refractivity contribution is -0.136. The molecule has 4 rings (SSSR count). The fraction of sp³-hybridized carbons (Fsp3) is 0.154. The molecule has 0 aromatic heterocycles. The summed E-state index contributed by atoms with van der Waals surface area (Å²) < 4.78 is 31.1. The van der Waals surface area contributed by atoms with Crippen molar-refractivity contribution >= 4 is 5.97 Å². The normalized spacial score (nSPS) is 14.7. The molecule has 6 nitrogen and oxygen atoms in total. The number of rotatable bonds is 5. The van der Waals surface area contributed by atoms with Crippen LogP contribution < -0.4 is 19.9 Å². The smallest absolute Gasteiger partial charge is 0.349 e. The number of hydrogen-bond acceptors (Lipinski definition) is 6. The first kappa shape index (κ1) is 21.9. The van der Waals surface area contributed by atoms with Gasteiger partial charge in [0.05, 0.1) is 5.92 Å². The maximum Gasteiger partial charge on any atom is 0.349 e. The van der Waals surface area contributed by atoms with Gasteiger partial charge in [-0.3, -0.25) is 0 Å². The summed E-state index contributed by atoms with van der Waals surface area (Å²) >= 11 is 0. The number of benzene rings is 3. The molecule has 0 radical (unpaired) electrons. The van der Waals surface area contributed by atoms with Gasteiger partial charge in [0.25, 0.3) is 0 Å². The molecule has 0 fully saturated rings. The van der Waals surface area contributed by atoms with Crippen molar-refractivity contribution < 1.29 is 23.4 Å². The van der Waals surface area contributed by atoms with E-state index in [0.29, 0.717) is 16.9 Å². The molecule has 1 aliphatic heterocycles.